The Morgan fingerprint density at radius 2 is 2.16 bits per heavy atom. The third-order valence-electron chi connectivity index (χ3n) is 2.36. The molecule has 0 aliphatic rings. The van der Waals surface area contributed by atoms with Gasteiger partial charge in [0.1, 0.15) is 12.4 Å². The largest absolute Gasteiger partial charge is 0.489 e. The second kappa shape index (κ2) is 7.59. The standard InChI is InChI=1S/C15H22N2O2/c1-11(2)16-9-12(3)10-19-15-7-5-6-14(8-15)17-13(4)18/h5-8,11,16H,3,9-10H2,1-2,4H3,(H,17,18). The van der Waals surface area contributed by atoms with Gasteiger partial charge in [-0.25, -0.2) is 0 Å². The number of hydrogen-bond acceptors (Lipinski definition) is 3. The normalized spacial score (nSPS) is 10.3. The summed E-state index contributed by atoms with van der Waals surface area (Å²) in [5, 5.41) is 6.00. The molecular formula is C15H22N2O2. The fourth-order valence-corrected chi connectivity index (χ4v) is 1.45. The van der Waals surface area contributed by atoms with Crippen LogP contribution in [0.3, 0.4) is 0 Å². The SMILES string of the molecule is C=C(CNC(C)C)COc1cccc(NC(C)=O)c1. The second-order valence-corrected chi connectivity index (χ2v) is 4.78. The summed E-state index contributed by atoms with van der Waals surface area (Å²) in [6.45, 7) is 10.8. The first-order chi connectivity index (χ1) is 8.97. The zero-order valence-corrected chi connectivity index (χ0v) is 11.8. The first-order valence-electron chi connectivity index (χ1n) is 6.38. The van der Waals surface area contributed by atoms with Gasteiger partial charge in [-0.3, -0.25) is 4.79 Å². The fraction of sp³-hybridized carbons (Fsp3) is 0.400. The molecule has 0 spiro atoms. The molecule has 4 heteroatoms. The summed E-state index contributed by atoms with van der Waals surface area (Å²) in [5.74, 6) is 0.625. The highest BCUT2D eigenvalue weighted by molar-refractivity contribution is 5.88. The molecule has 0 radical (unpaired) electrons. The summed E-state index contributed by atoms with van der Waals surface area (Å²) >= 11 is 0. The molecule has 0 atom stereocenters. The van der Waals surface area contributed by atoms with Crippen molar-refractivity contribution < 1.29 is 9.53 Å². The molecule has 0 saturated heterocycles. The Labute approximate surface area is 114 Å². The summed E-state index contributed by atoms with van der Waals surface area (Å²) in [4.78, 5) is 11.0. The number of ether oxygens (including phenoxy) is 1. The number of amides is 1. The fourth-order valence-electron chi connectivity index (χ4n) is 1.45. The van der Waals surface area contributed by atoms with Gasteiger partial charge >= 0.3 is 0 Å². The molecule has 1 amide bonds. The Bertz CT molecular complexity index is 442. The summed E-state index contributed by atoms with van der Waals surface area (Å²) in [6.07, 6.45) is 0. The summed E-state index contributed by atoms with van der Waals surface area (Å²) < 4.78 is 5.63. The van der Waals surface area contributed by atoms with Crippen LogP contribution < -0.4 is 15.4 Å². The van der Waals surface area contributed by atoms with E-state index in [1.165, 1.54) is 6.92 Å². The lowest BCUT2D eigenvalue weighted by Gasteiger charge is -2.12. The van der Waals surface area contributed by atoms with E-state index >= 15 is 0 Å². The van der Waals surface area contributed by atoms with Crippen LogP contribution in [0.4, 0.5) is 5.69 Å². The van der Waals surface area contributed by atoms with E-state index in [0.717, 1.165) is 23.6 Å². The molecule has 0 bridgehead atoms. The topological polar surface area (TPSA) is 50.4 Å². The van der Waals surface area contributed by atoms with Gasteiger partial charge in [-0.05, 0) is 17.7 Å². The monoisotopic (exact) mass is 262 g/mol. The second-order valence-electron chi connectivity index (χ2n) is 4.78. The van der Waals surface area contributed by atoms with Gasteiger partial charge in [0.05, 0.1) is 0 Å². The summed E-state index contributed by atoms with van der Waals surface area (Å²) in [6, 6.07) is 7.75. The molecule has 1 aromatic carbocycles. The lowest BCUT2D eigenvalue weighted by Crippen LogP contribution is -2.26. The van der Waals surface area contributed by atoms with Crippen LogP contribution in [0.25, 0.3) is 0 Å². The van der Waals surface area contributed by atoms with Gasteiger partial charge in [0.15, 0.2) is 0 Å². The number of nitrogens with one attached hydrogen (secondary N) is 2. The Kier molecular flexibility index (Phi) is 6.09. The van der Waals surface area contributed by atoms with Gasteiger partial charge in [0.2, 0.25) is 5.91 Å². The molecule has 0 heterocycles. The maximum Gasteiger partial charge on any atom is 0.221 e. The number of rotatable bonds is 7. The zero-order valence-electron chi connectivity index (χ0n) is 11.8. The average Bonchev–Trinajstić information content (AvgIpc) is 2.33. The van der Waals surface area contributed by atoms with Crippen molar-refractivity contribution in [3.8, 4) is 5.75 Å². The van der Waals surface area contributed by atoms with Crippen LogP contribution in [0.1, 0.15) is 20.8 Å². The molecule has 0 saturated carbocycles. The van der Waals surface area contributed by atoms with E-state index in [1.807, 2.05) is 18.2 Å². The van der Waals surface area contributed by atoms with Gasteiger partial charge in [-0.2, -0.15) is 0 Å². The smallest absolute Gasteiger partial charge is 0.221 e. The van der Waals surface area contributed by atoms with Gasteiger partial charge in [-0.1, -0.05) is 26.5 Å². The van der Waals surface area contributed by atoms with Crippen molar-refractivity contribution in [3.05, 3.63) is 36.4 Å². The van der Waals surface area contributed by atoms with E-state index in [9.17, 15) is 4.79 Å². The third kappa shape index (κ3) is 6.62. The number of anilines is 1. The first kappa shape index (κ1) is 15.2. The summed E-state index contributed by atoms with van der Waals surface area (Å²) in [7, 11) is 0. The van der Waals surface area contributed by atoms with Crippen molar-refractivity contribution >= 4 is 11.6 Å². The molecular weight excluding hydrogens is 240 g/mol. The van der Waals surface area contributed by atoms with Crippen LogP contribution in [0.15, 0.2) is 36.4 Å². The first-order valence-corrected chi connectivity index (χ1v) is 6.38. The predicted octanol–water partition coefficient (Wildman–Crippen LogP) is 2.58. The van der Waals surface area contributed by atoms with Crippen molar-refractivity contribution in [3.63, 3.8) is 0 Å². The molecule has 0 fully saturated rings. The van der Waals surface area contributed by atoms with Crippen molar-refractivity contribution in [1.29, 1.82) is 0 Å². The van der Waals surface area contributed by atoms with Gasteiger partial charge < -0.3 is 15.4 Å². The van der Waals surface area contributed by atoms with Crippen LogP contribution in [-0.4, -0.2) is 25.1 Å². The third-order valence-corrected chi connectivity index (χ3v) is 2.36. The van der Waals surface area contributed by atoms with E-state index in [0.29, 0.717) is 12.6 Å². The Balaban J connectivity index is 2.44. The van der Waals surface area contributed by atoms with Gasteiger partial charge in [0, 0.05) is 31.3 Å². The van der Waals surface area contributed by atoms with Crippen LogP contribution in [0.2, 0.25) is 0 Å². The Morgan fingerprint density at radius 1 is 1.42 bits per heavy atom. The highest BCUT2D eigenvalue weighted by Gasteiger charge is 2.01. The van der Waals surface area contributed by atoms with Crippen molar-refractivity contribution in [2.75, 3.05) is 18.5 Å². The van der Waals surface area contributed by atoms with Gasteiger partial charge in [0.25, 0.3) is 0 Å². The van der Waals surface area contributed by atoms with E-state index in [4.69, 9.17) is 4.74 Å². The minimum Gasteiger partial charge on any atom is -0.489 e. The maximum atomic E-state index is 11.0. The van der Waals surface area contributed by atoms with E-state index < -0.39 is 0 Å². The highest BCUT2D eigenvalue weighted by atomic mass is 16.5. The lowest BCUT2D eigenvalue weighted by atomic mass is 10.2. The molecule has 4 nitrogen and oxygen atoms in total. The molecule has 0 aliphatic heterocycles. The number of carbonyl (C=O) groups is 1. The average molecular weight is 262 g/mol. The molecule has 2 N–H and O–H groups in total. The Hall–Kier alpha value is -1.81. The highest BCUT2D eigenvalue weighted by Crippen LogP contribution is 2.17. The van der Waals surface area contributed by atoms with Crippen LogP contribution >= 0.6 is 0 Å². The predicted molar refractivity (Wildman–Crippen MR) is 78.5 cm³/mol. The minimum absolute atomic E-state index is 0.0947. The molecule has 1 rings (SSSR count). The number of benzene rings is 1. The minimum atomic E-state index is -0.0947. The van der Waals surface area contributed by atoms with Crippen LogP contribution in [-0.2, 0) is 4.79 Å². The van der Waals surface area contributed by atoms with Crippen LogP contribution in [0, 0.1) is 0 Å². The molecule has 0 aliphatic carbocycles. The van der Waals surface area contributed by atoms with Gasteiger partial charge in [-0.15, -0.1) is 0 Å². The van der Waals surface area contributed by atoms with E-state index in [-0.39, 0.29) is 5.91 Å². The van der Waals surface area contributed by atoms with Crippen molar-refractivity contribution in [1.82, 2.24) is 5.32 Å². The van der Waals surface area contributed by atoms with Crippen molar-refractivity contribution in [2.45, 2.75) is 26.8 Å². The molecule has 0 aromatic heterocycles. The van der Waals surface area contributed by atoms with E-state index in [1.54, 1.807) is 6.07 Å². The maximum absolute atomic E-state index is 11.0. The molecule has 19 heavy (non-hydrogen) atoms. The van der Waals surface area contributed by atoms with Crippen LogP contribution in [0.5, 0.6) is 5.75 Å². The number of hydrogen-bond donors (Lipinski definition) is 2. The van der Waals surface area contributed by atoms with Crippen molar-refractivity contribution in [2.24, 2.45) is 0 Å². The molecule has 1 aromatic rings. The summed E-state index contributed by atoms with van der Waals surface area (Å²) in [5.41, 5.74) is 1.72. The Morgan fingerprint density at radius 3 is 2.79 bits per heavy atom. The van der Waals surface area contributed by atoms with E-state index in [2.05, 4.69) is 31.1 Å². The number of carbonyl (C=O) groups excluding carboxylic acids is 1. The molecule has 0 unspecified atom stereocenters. The quantitative estimate of drug-likeness (QED) is 0.743. The molecule has 104 valence electrons. The zero-order chi connectivity index (χ0) is 14.3. The lowest BCUT2D eigenvalue weighted by molar-refractivity contribution is -0.114.